The van der Waals surface area contributed by atoms with E-state index >= 15 is 0 Å². The van der Waals surface area contributed by atoms with Crippen LogP contribution in [0, 0.1) is 0 Å². The molecule has 2 aliphatic heterocycles. The molecular formula is C18H16ClN5O2. The van der Waals surface area contributed by atoms with Gasteiger partial charge in [-0.25, -0.2) is 4.98 Å². The van der Waals surface area contributed by atoms with Crippen molar-refractivity contribution in [1.82, 2.24) is 24.6 Å². The zero-order valence-electron chi connectivity index (χ0n) is 14.1. The first-order valence-electron chi connectivity index (χ1n) is 8.69. The summed E-state index contributed by atoms with van der Waals surface area (Å²) < 4.78 is 7.37. The predicted molar refractivity (Wildman–Crippen MR) is 94.3 cm³/mol. The van der Waals surface area contributed by atoms with Crippen molar-refractivity contribution in [1.29, 1.82) is 0 Å². The molecule has 0 radical (unpaired) electrons. The predicted octanol–water partition coefficient (Wildman–Crippen LogP) is 3.43. The minimum Gasteiger partial charge on any atom is -0.332 e. The van der Waals surface area contributed by atoms with Crippen molar-refractivity contribution in [2.24, 2.45) is 0 Å². The number of aryl methyl sites for hydroxylation is 1. The van der Waals surface area contributed by atoms with Gasteiger partial charge in [0.2, 0.25) is 0 Å². The number of hydrogen-bond donors (Lipinski definition) is 0. The number of rotatable bonds is 2. The summed E-state index contributed by atoms with van der Waals surface area (Å²) in [5.41, 5.74) is 2.79. The minimum absolute atomic E-state index is 0.0393. The van der Waals surface area contributed by atoms with E-state index in [-0.39, 0.29) is 11.9 Å². The molecule has 2 aliphatic rings. The Labute approximate surface area is 154 Å². The Morgan fingerprint density at radius 3 is 3.08 bits per heavy atom. The number of amides is 1. The van der Waals surface area contributed by atoms with Crippen LogP contribution in [0.1, 0.15) is 47.7 Å². The van der Waals surface area contributed by atoms with E-state index in [4.69, 9.17) is 16.1 Å². The molecule has 0 aliphatic carbocycles. The molecule has 0 spiro atoms. The lowest BCUT2D eigenvalue weighted by Gasteiger charge is -2.22. The van der Waals surface area contributed by atoms with Gasteiger partial charge in [0.15, 0.2) is 11.5 Å². The third kappa shape index (κ3) is 2.07. The Balaban J connectivity index is 1.78. The Morgan fingerprint density at radius 2 is 2.27 bits per heavy atom. The number of carbonyl (C=O) groups excluding carboxylic acids is 1. The molecular weight excluding hydrogens is 354 g/mol. The summed E-state index contributed by atoms with van der Waals surface area (Å²) in [5, 5.41) is 4.44. The van der Waals surface area contributed by atoms with Gasteiger partial charge in [0, 0.05) is 13.0 Å². The first-order chi connectivity index (χ1) is 12.7. The van der Waals surface area contributed by atoms with Crippen LogP contribution in [-0.2, 0) is 6.42 Å². The van der Waals surface area contributed by atoms with E-state index in [2.05, 4.69) is 15.1 Å². The number of aromatic nitrogens is 4. The van der Waals surface area contributed by atoms with E-state index in [1.54, 1.807) is 12.4 Å². The van der Waals surface area contributed by atoms with Gasteiger partial charge in [-0.1, -0.05) is 29.7 Å². The zero-order valence-corrected chi connectivity index (χ0v) is 14.9. The van der Waals surface area contributed by atoms with E-state index in [0.29, 0.717) is 41.0 Å². The van der Waals surface area contributed by atoms with Crippen LogP contribution in [0.4, 0.5) is 0 Å². The van der Waals surface area contributed by atoms with E-state index in [0.717, 1.165) is 24.2 Å². The maximum absolute atomic E-state index is 13.2. The van der Waals surface area contributed by atoms with Crippen LogP contribution in [0.5, 0.6) is 0 Å². The van der Waals surface area contributed by atoms with Gasteiger partial charge in [-0.05, 0) is 25.0 Å². The second kappa shape index (κ2) is 5.67. The lowest BCUT2D eigenvalue weighted by Crippen LogP contribution is -2.29. The standard InChI is InChI=1S/C18H16ClN5O2/c1-2-13-21-17(26-22-13)15-16-12-7-4-8-23(12)18(25)14-10(19)5-3-6-11(14)24(16)9-20-15/h3,5-6,9,12H,2,4,7-8H2,1H3/t12-/m0/s1. The molecule has 1 aromatic carbocycles. The third-order valence-electron chi connectivity index (χ3n) is 5.09. The largest absolute Gasteiger partial charge is 0.332 e. The van der Waals surface area contributed by atoms with Crippen LogP contribution >= 0.6 is 11.6 Å². The Kier molecular flexibility index (Phi) is 3.40. The average molecular weight is 370 g/mol. The average Bonchev–Trinajstić information content (AvgIpc) is 3.37. The molecule has 26 heavy (non-hydrogen) atoms. The summed E-state index contributed by atoms with van der Waals surface area (Å²) in [5.74, 6) is 0.987. The molecule has 8 heteroatoms. The number of hydrogen-bond acceptors (Lipinski definition) is 5. The SMILES string of the molecule is CCc1noc(-c2ncn3c2[C@@H]2CCCN2C(=O)c2c(Cl)cccc2-3)n1. The fourth-order valence-electron chi connectivity index (χ4n) is 3.89. The Bertz CT molecular complexity index is 1020. The van der Waals surface area contributed by atoms with Crippen LogP contribution in [-0.4, -0.2) is 37.0 Å². The van der Waals surface area contributed by atoms with Gasteiger partial charge in [0.05, 0.1) is 28.0 Å². The van der Waals surface area contributed by atoms with Crippen LogP contribution in [0.25, 0.3) is 17.3 Å². The monoisotopic (exact) mass is 369 g/mol. The maximum Gasteiger partial charge on any atom is 0.278 e. The second-order valence-corrected chi connectivity index (χ2v) is 6.92. The van der Waals surface area contributed by atoms with Crippen molar-refractivity contribution in [3.05, 3.63) is 46.6 Å². The maximum atomic E-state index is 13.2. The molecule has 1 saturated heterocycles. The molecule has 0 unspecified atom stereocenters. The summed E-state index contributed by atoms with van der Waals surface area (Å²) in [7, 11) is 0. The fraction of sp³-hybridized carbons (Fsp3) is 0.333. The molecule has 1 fully saturated rings. The van der Waals surface area contributed by atoms with Gasteiger partial charge in [-0.2, -0.15) is 4.98 Å². The molecule has 0 bridgehead atoms. The van der Waals surface area contributed by atoms with Crippen LogP contribution in [0.15, 0.2) is 29.0 Å². The van der Waals surface area contributed by atoms with Gasteiger partial charge in [0.25, 0.3) is 11.8 Å². The van der Waals surface area contributed by atoms with Crippen molar-refractivity contribution in [2.75, 3.05) is 6.54 Å². The highest BCUT2D eigenvalue weighted by atomic mass is 35.5. The molecule has 5 rings (SSSR count). The van der Waals surface area contributed by atoms with Crippen LogP contribution in [0.2, 0.25) is 5.02 Å². The molecule has 1 amide bonds. The minimum atomic E-state index is -0.0829. The van der Waals surface area contributed by atoms with Crippen LogP contribution in [0.3, 0.4) is 0 Å². The van der Waals surface area contributed by atoms with Crippen molar-refractivity contribution in [3.63, 3.8) is 0 Å². The van der Waals surface area contributed by atoms with E-state index in [1.807, 2.05) is 28.5 Å². The lowest BCUT2D eigenvalue weighted by atomic mass is 10.1. The highest BCUT2D eigenvalue weighted by Crippen LogP contribution is 2.43. The second-order valence-electron chi connectivity index (χ2n) is 6.51. The molecule has 7 nitrogen and oxygen atoms in total. The smallest absolute Gasteiger partial charge is 0.278 e. The summed E-state index contributed by atoms with van der Waals surface area (Å²) in [6.07, 6.45) is 4.20. The van der Waals surface area contributed by atoms with Gasteiger partial charge in [-0.3, -0.25) is 9.36 Å². The first kappa shape index (κ1) is 15.6. The molecule has 0 saturated carbocycles. The number of carbonyl (C=O) groups is 1. The summed E-state index contributed by atoms with van der Waals surface area (Å²) >= 11 is 6.39. The highest BCUT2D eigenvalue weighted by Gasteiger charge is 2.40. The Hall–Kier alpha value is -2.67. The lowest BCUT2D eigenvalue weighted by molar-refractivity contribution is 0.0739. The first-order valence-corrected chi connectivity index (χ1v) is 9.07. The van der Waals surface area contributed by atoms with Crippen molar-refractivity contribution in [3.8, 4) is 17.3 Å². The third-order valence-corrected chi connectivity index (χ3v) is 5.40. The van der Waals surface area contributed by atoms with Crippen molar-refractivity contribution >= 4 is 17.5 Å². The number of imidazole rings is 1. The van der Waals surface area contributed by atoms with E-state index in [9.17, 15) is 4.79 Å². The number of fused-ring (bicyclic) bond motifs is 5. The van der Waals surface area contributed by atoms with Crippen LogP contribution < -0.4 is 0 Å². The summed E-state index contributed by atoms with van der Waals surface area (Å²) in [6, 6.07) is 5.40. The molecule has 1 atom stereocenters. The number of nitrogens with zero attached hydrogens (tertiary/aromatic N) is 5. The normalized spacial score (nSPS) is 18.5. The Morgan fingerprint density at radius 1 is 1.38 bits per heavy atom. The zero-order chi connectivity index (χ0) is 17.8. The van der Waals surface area contributed by atoms with Crippen molar-refractivity contribution < 1.29 is 9.32 Å². The molecule has 132 valence electrons. The number of benzene rings is 1. The van der Waals surface area contributed by atoms with E-state index in [1.165, 1.54) is 0 Å². The molecule has 4 heterocycles. The van der Waals surface area contributed by atoms with Gasteiger partial charge >= 0.3 is 0 Å². The fourth-order valence-corrected chi connectivity index (χ4v) is 4.14. The number of halogens is 1. The highest BCUT2D eigenvalue weighted by molar-refractivity contribution is 6.34. The van der Waals surface area contributed by atoms with Gasteiger partial charge < -0.3 is 9.42 Å². The van der Waals surface area contributed by atoms with Gasteiger partial charge in [-0.15, -0.1) is 0 Å². The molecule has 2 aromatic heterocycles. The summed E-state index contributed by atoms with van der Waals surface area (Å²) in [4.78, 5) is 24.0. The quantitative estimate of drug-likeness (QED) is 0.691. The topological polar surface area (TPSA) is 77.0 Å². The van der Waals surface area contributed by atoms with Crippen molar-refractivity contribution in [2.45, 2.75) is 32.2 Å². The van der Waals surface area contributed by atoms with E-state index < -0.39 is 0 Å². The molecule has 0 N–H and O–H groups in total. The summed E-state index contributed by atoms with van der Waals surface area (Å²) in [6.45, 7) is 2.67. The van der Waals surface area contributed by atoms with Gasteiger partial charge in [0.1, 0.15) is 6.33 Å². The molecule has 3 aromatic rings.